The van der Waals surface area contributed by atoms with E-state index in [1.165, 1.54) is 23.1 Å². The van der Waals surface area contributed by atoms with Crippen molar-refractivity contribution < 1.29 is 14.1 Å². The quantitative estimate of drug-likeness (QED) is 0.634. The van der Waals surface area contributed by atoms with Gasteiger partial charge < -0.3 is 9.32 Å². The van der Waals surface area contributed by atoms with Gasteiger partial charge in [-0.1, -0.05) is 0 Å². The van der Waals surface area contributed by atoms with Crippen LogP contribution < -0.4 is 0 Å². The summed E-state index contributed by atoms with van der Waals surface area (Å²) in [5.41, 5.74) is 0.893. The predicted molar refractivity (Wildman–Crippen MR) is 72.3 cm³/mol. The molecule has 0 saturated heterocycles. The van der Waals surface area contributed by atoms with Crippen LogP contribution in [0.15, 0.2) is 41.0 Å². The molecule has 0 unspecified atom stereocenters. The molecule has 6 nitrogen and oxygen atoms in total. The fourth-order valence-corrected chi connectivity index (χ4v) is 1.92. The maximum Gasteiger partial charge on any atom is 0.272 e. The van der Waals surface area contributed by atoms with Gasteiger partial charge in [0.25, 0.3) is 11.6 Å². The summed E-state index contributed by atoms with van der Waals surface area (Å²) in [5.74, 6) is 0.471. The maximum atomic E-state index is 12.2. The van der Waals surface area contributed by atoms with Crippen LogP contribution in [-0.4, -0.2) is 22.8 Å². The van der Waals surface area contributed by atoms with Crippen LogP contribution in [0.25, 0.3) is 0 Å². The van der Waals surface area contributed by atoms with E-state index in [9.17, 15) is 14.9 Å². The van der Waals surface area contributed by atoms with Crippen LogP contribution in [0.5, 0.6) is 0 Å². The van der Waals surface area contributed by atoms with Gasteiger partial charge in [-0.25, -0.2) is 0 Å². The molecule has 0 fully saturated rings. The minimum atomic E-state index is -0.462. The van der Waals surface area contributed by atoms with Crippen LogP contribution in [0.1, 0.15) is 21.7 Å². The molecule has 0 N–H and O–H groups in total. The highest BCUT2D eigenvalue weighted by atomic mass is 16.6. The Balaban J connectivity index is 2.16. The third-order valence-corrected chi connectivity index (χ3v) is 2.96. The van der Waals surface area contributed by atoms with Crippen molar-refractivity contribution in [1.82, 2.24) is 4.90 Å². The molecule has 0 atom stereocenters. The largest absolute Gasteiger partial charge is 0.467 e. The smallest absolute Gasteiger partial charge is 0.272 e. The Morgan fingerprint density at radius 1 is 1.40 bits per heavy atom. The Morgan fingerprint density at radius 3 is 2.70 bits per heavy atom. The van der Waals surface area contributed by atoms with Crippen LogP contribution in [-0.2, 0) is 6.54 Å². The summed E-state index contributed by atoms with van der Waals surface area (Å²) in [6, 6.07) is 7.88. The van der Waals surface area contributed by atoms with E-state index >= 15 is 0 Å². The van der Waals surface area contributed by atoms with Crippen molar-refractivity contribution >= 4 is 11.6 Å². The van der Waals surface area contributed by atoms with Crippen molar-refractivity contribution in [2.75, 3.05) is 7.05 Å². The van der Waals surface area contributed by atoms with Gasteiger partial charge in [0.2, 0.25) is 0 Å². The summed E-state index contributed by atoms with van der Waals surface area (Å²) in [7, 11) is 1.65. The van der Waals surface area contributed by atoms with Gasteiger partial charge in [-0.2, -0.15) is 0 Å². The Morgan fingerprint density at radius 2 is 2.15 bits per heavy atom. The minimum absolute atomic E-state index is 0.00948. The molecule has 20 heavy (non-hydrogen) atoms. The van der Waals surface area contributed by atoms with Crippen molar-refractivity contribution in [3.05, 3.63) is 63.6 Å². The van der Waals surface area contributed by atoms with Gasteiger partial charge >= 0.3 is 0 Å². The Hall–Kier alpha value is -2.63. The topological polar surface area (TPSA) is 76.6 Å². The van der Waals surface area contributed by atoms with E-state index in [0.29, 0.717) is 23.4 Å². The van der Waals surface area contributed by atoms with Gasteiger partial charge in [0.05, 0.1) is 17.7 Å². The lowest BCUT2D eigenvalue weighted by Crippen LogP contribution is -2.26. The standard InChI is InChI=1S/C14H14N2O4/c1-10-8-11(5-6-13(10)16(18)19)14(17)15(2)9-12-4-3-7-20-12/h3-8H,9H2,1-2H3. The zero-order chi connectivity index (χ0) is 14.7. The molecule has 1 amide bonds. The summed E-state index contributed by atoms with van der Waals surface area (Å²) >= 11 is 0. The van der Waals surface area contributed by atoms with Crippen LogP contribution >= 0.6 is 0 Å². The number of hydrogen-bond acceptors (Lipinski definition) is 4. The highest BCUT2D eigenvalue weighted by Crippen LogP contribution is 2.20. The van der Waals surface area contributed by atoms with E-state index in [1.807, 2.05) is 0 Å². The molecule has 1 aromatic heterocycles. The first-order valence-corrected chi connectivity index (χ1v) is 6.02. The molecule has 1 aromatic carbocycles. The predicted octanol–water partition coefficient (Wildman–Crippen LogP) is 2.77. The molecule has 0 radical (unpaired) electrons. The fraction of sp³-hybridized carbons (Fsp3) is 0.214. The Labute approximate surface area is 115 Å². The average molecular weight is 274 g/mol. The first-order valence-electron chi connectivity index (χ1n) is 6.02. The molecule has 6 heteroatoms. The average Bonchev–Trinajstić information content (AvgIpc) is 2.90. The Kier molecular flexibility index (Phi) is 3.84. The van der Waals surface area contributed by atoms with Crippen molar-refractivity contribution in [2.24, 2.45) is 0 Å². The maximum absolute atomic E-state index is 12.2. The first-order chi connectivity index (χ1) is 9.49. The van der Waals surface area contributed by atoms with E-state index < -0.39 is 4.92 Å². The normalized spacial score (nSPS) is 10.3. The SMILES string of the molecule is Cc1cc(C(=O)N(C)Cc2ccco2)ccc1[N+](=O)[O-]. The number of hydrogen-bond donors (Lipinski definition) is 0. The summed E-state index contributed by atoms with van der Waals surface area (Å²) in [5, 5.41) is 10.7. The van der Waals surface area contributed by atoms with Crippen LogP contribution in [0.3, 0.4) is 0 Å². The van der Waals surface area contributed by atoms with E-state index in [4.69, 9.17) is 4.42 Å². The number of aryl methyl sites for hydroxylation is 1. The highest BCUT2D eigenvalue weighted by molar-refractivity contribution is 5.94. The second-order valence-electron chi connectivity index (χ2n) is 4.50. The van der Waals surface area contributed by atoms with Gasteiger partial charge in [-0.05, 0) is 31.2 Å². The lowest BCUT2D eigenvalue weighted by atomic mass is 10.1. The van der Waals surface area contributed by atoms with Gasteiger partial charge in [0.15, 0.2) is 0 Å². The third-order valence-electron chi connectivity index (χ3n) is 2.96. The molecular weight excluding hydrogens is 260 g/mol. The van der Waals surface area contributed by atoms with Gasteiger partial charge in [0, 0.05) is 24.2 Å². The first kappa shape index (κ1) is 13.8. The molecular formula is C14H14N2O4. The fourth-order valence-electron chi connectivity index (χ4n) is 1.92. The summed E-state index contributed by atoms with van der Waals surface area (Å²) in [4.78, 5) is 24.0. The zero-order valence-corrected chi connectivity index (χ0v) is 11.2. The van der Waals surface area contributed by atoms with Gasteiger partial charge in [0.1, 0.15) is 5.76 Å². The second kappa shape index (κ2) is 5.56. The van der Waals surface area contributed by atoms with Crippen molar-refractivity contribution in [3.8, 4) is 0 Å². The number of amides is 1. The van der Waals surface area contributed by atoms with E-state index in [2.05, 4.69) is 0 Å². The molecule has 0 bridgehead atoms. The summed E-state index contributed by atoms with van der Waals surface area (Å²) in [6.07, 6.45) is 1.55. The number of carbonyl (C=O) groups excluding carboxylic acids is 1. The number of nitro benzene ring substituents is 1. The number of furan rings is 1. The molecule has 0 aliphatic rings. The lowest BCUT2D eigenvalue weighted by Gasteiger charge is -2.16. The number of benzene rings is 1. The monoisotopic (exact) mass is 274 g/mol. The van der Waals surface area contributed by atoms with Gasteiger partial charge in [-0.3, -0.25) is 14.9 Å². The third kappa shape index (κ3) is 2.85. The van der Waals surface area contributed by atoms with Crippen molar-refractivity contribution in [2.45, 2.75) is 13.5 Å². The molecule has 1 heterocycles. The highest BCUT2D eigenvalue weighted by Gasteiger charge is 2.17. The van der Waals surface area contributed by atoms with Crippen molar-refractivity contribution in [1.29, 1.82) is 0 Å². The van der Waals surface area contributed by atoms with Crippen molar-refractivity contribution in [3.63, 3.8) is 0 Å². The van der Waals surface area contributed by atoms with E-state index in [1.54, 1.807) is 32.4 Å². The molecule has 104 valence electrons. The molecule has 0 aliphatic carbocycles. The summed E-state index contributed by atoms with van der Waals surface area (Å²) in [6.45, 7) is 1.96. The molecule has 2 rings (SSSR count). The lowest BCUT2D eigenvalue weighted by molar-refractivity contribution is -0.385. The second-order valence-corrected chi connectivity index (χ2v) is 4.50. The van der Waals surface area contributed by atoms with Gasteiger partial charge in [-0.15, -0.1) is 0 Å². The summed E-state index contributed by atoms with van der Waals surface area (Å²) < 4.78 is 5.18. The van der Waals surface area contributed by atoms with Crippen LogP contribution in [0, 0.1) is 17.0 Å². The number of rotatable bonds is 4. The minimum Gasteiger partial charge on any atom is -0.467 e. The van der Waals surface area contributed by atoms with Crippen LogP contribution in [0.4, 0.5) is 5.69 Å². The molecule has 0 saturated carbocycles. The zero-order valence-electron chi connectivity index (χ0n) is 11.2. The Bertz CT molecular complexity index is 635. The molecule has 2 aromatic rings. The van der Waals surface area contributed by atoms with E-state index in [0.717, 1.165) is 0 Å². The number of carbonyl (C=O) groups is 1. The molecule has 0 aliphatic heterocycles. The number of nitrogens with zero attached hydrogens (tertiary/aromatic N) is 2. The molecule has 0 spiro atoms. The van der Waals surface area contributed by atoms with E-state index in [-0.39, 0.29) is 11.6 Å². The number of nitro groups is 1. The van der Waals surface area contributed by atoms with Crippen LogP contribution in [0.2, 0.25) is 0 Å².